The zero-order valence-electron chi connectivity index (χ0n) is 72.8. The minimum atomic E-state index is -0.990. The Morgan fingerprint density at radius 2 is 0.602 bits per heavy atom. The number of nitrogens with zero attached hydrogens (tertiary/aromatic N) is 7. The molecule has 0 saturated heterocycles. The standard InChI is InChI=1S/2C21H22N.2C20H20N.2C11H8N.C6H5NO2.4Ir/c2*1-14(2)10-17-6-5-7-21-19(17)8-9-20(22-21)18-12-15(3)11-16(4)13-18;2*1-13(2)17-6-5-7-20-18(17)8-9-19(21-20)16-11-14(3)10-15(4)12-16;2*1-2-6-10(7-3-1)11-8-4-5-9-12-11;8-6(9)5-3-1-2-4-7-5;;;;/h2*5-9,11-12,14H,10H2,1-4H3;2*5-11,13H,1-4H3;2*1-6,8-9H;1-4H,(H,8,9);;;;/q6*-1;;;;;. The molecule has 0 fully saturated rings. The van der Waals surface area contributed by atoms with Crippen LogP contribution in [-0.2, 0) is 93.3 Å². The number of carboxylic acids is 1. The smallest absolute Gasteiger partial charge is 0.354 e. The van der Waals surface area contributed by atoms with E-state index < -0.39 is 5.97 Å². The van der Waals surface area contributed by atoms with Crippen LogP contribution in [0.2, 0.25) is 0 Å². The Morgan fingerprint density at radius 3 is 0.862 bits per heavy atom. The molecule has 17 rings (SSSR count). The van der Waals surface area contributed by atoms with E-state index in [1.54, 1.807) is 24.5 Å². The summed E-state index contributed by atoms with van der Waals surface area (Å²) >= 11 is 0. The summed E-state index contributed by atoms with van der Waals surface area (Å²) in [5.74, 6) is 1.33. The molecular weight excluding hydrogens is 2220 g/mol. The number of carboxylic acid groups (broad SMARTS) is 1. The largest absolute Gasteiger partial charge is 0.477 e. The maximum Gasteiger partial charge on any atom is 0.354 e. The van der Waals surface area contributed by atoms with E-state index in [4.69, 9.17) is 25.0 Å². The van der Waals surface area contributed by atoms with Gasteiger partial charge in [0.05, 0.1) is 22.1 Å². The predicted octanol–water partition coefficient (Wildman–Crippen LogP) is 27.8. The SMILES string of the molecule is Cc1[c-]c(-c2ccc3c(C(C)C)cccc3n2)cc(C)c1.Cc1[c-]c(-c2ccc3c(C(C)C)cccc3n2)cc(C)c1.Cc1[c-]c(-c2ccc3c(CC(C)C)cccc3n2)cc(C)c1.Cc1[c-]c(-c2ccc3c(CC(C)C)cccc3n2)cc(C)c1.O=C(O)c1ccccn1.[Ir].[Ir].[Ir].[Ir].[c-]1ccccc1-c1ccccn1.[c-]1ccccc1-c1ccccn1. The van der Waals surface area contributed by atoms with Crippen molar-refractivity contribution in [3.8, 4) is 67.5 Å². The first-order valence-electron chi connectivity index (χ1n) is 40.9. The Hall–Kier alpha value is -10.6. The molecule has 0 bridgehead atoms. The van der Waals surface area contributed by atoms with Crippen LogP contribution in [0.15, 0.2) is 292 Å². The van der Waals surface area contributed by atoms with Gasteiger partial charge in [-0.25, -0.2) is 9.78 Å². The van der Waals surface area contributed by atoms with E-state index in [0.29, 0.717) is 23.7 Å². The molecule has 1 N–H and O–H groups in total. The average Bonchev–Trinajstić information content (AvgIpc) is 0.805. The number of aromatic nitrogens is 7. The molecule has 7 heterocycles. The fraction of sp³-hybridized carbons (Fsp3) is 0.200. The van der Waals surface area contributed by atoms with Gasteiger partial charge in [-0.3, -0.25) is 19.9 Å². The van der Waals surface area contributed by atoms with Crippen LogP contribution in [0.1, 0.15) is 144 Å². The van der Waals surface area contributed by atoms with Gasteiger partial charge in [0, 0.05) is 121 Å². The van der Waals surface area contributed by atoms with Gasteiger partial charge >= 0.3 is 5.97 Å². The van der Waals surface area contributed by atoms with Gasteiger partial charge in [0.1, 0.15) is 5.69 Å². The number of hydrogen-bond donors (Lipinski definition) is 1. The van der Waals surface area contributed by atoms with E-state index in [1.165, 1.54) is 78.3 Å². The molecule has 123 heavy (non-hydrogen) atoms. The number of pyridine rings is 7. The molecular formula is C110H105Ir4N7O2-6. The minimum Gasteiger partial charge on any atom is -0.477 e. The van der Waals surface area contributed by atoms with E-state index in [9.17, 15) is 4.79 Å². The van der Waals surface area contributed by atoms with Crippen molar-refractivity contribution in [1.29, 1.82) is 0 Å². The third kappa shape index (κ3) is 29.3. The number of benzene rings is 10. The van der Waals surface area contributed by atoms with Gasteiger partial charge in [0.15, 0.2) is 0 Å². The number of fused-ring (bicyclic) bond motifs is 4. The van der Waals surface area contributed by atoms with E-state index in [1.807, 2.05) is 84.9 Å². The molecule has 0 spiro atoms. The molecule has 0 aliphatic carbocycles. The molecule has 0 aliphatic rings. The topological polar surface area (TPSA) is 128 Å². The number of aromatic carboxylic acids is 1. The molecule has 17 aromatic rings. The Labute approximate surface area is 783 Å². The van der Waals surface area contributed by atoms with Crippen LogP contribution in [0.3, 0.4) is 0 Å². The van der Waals surface area contributed by atoms with Crippen LogP contribution >= 0.6 is 0 Å². The Kier molecular flexibility index (Phi) is 39.6. The molecule has 4 radical (unpaired) electrons. The number of rotatable bonds is 13. The molecule has 0 amide bonds. The van der Waals surface area contributed by atoms with E-state index in [-0.39, 0.29) is 86.1 Å². The average molecular weight is 2330 g/mol. The minimum absolute atomic E-state index is 0. The number of aryl methyl sites for hydroxylation is 8. The van der Waals surface area contributed by atoms with Crippen molar-refractivity contribution in [3.63, 3.8) is 0 Å². The first kappa shape index (κ1) is 99.5. The fourth-order valence-electron chi connectivity index (χ4n) is 14.4. The molecule has 0 saturated carbocycles. The van der Waals surface area contributed by atoms with Gasteiger partial charge in [0.2, 0.25) is 0 Å². The van der Waals surface area contributed by atoms with Crippen molar-refractivity contribution < 1.29 is 90.3 Å². The molecule has 0 aliphatic heterocycles. The van der Waals surface area contributed by atoms with Crippen LogP contribution in [0.5, 0.6) is 0 Å². The van der Waals surface area contributed by atoms with Gasteiger partial charge < -0.3 is 15.1 Å². The normalized spacial score (nSPS) is 10.4. The van der Waals surface area contributed by atoms with Crippen molar-refractivity contribution in [1.82, 2.24) is 34.9 Å². The fourth-order valence-corrected chi connectivity index (χ4v) is 14.4. The molecule has 634 valence electrons. The second-order valence-corrected chi connectivity index (χ2v) is 31.6. The molecule has 0 atom stereocenters. The maximum absolute atomic E-state index is 10.1. The zero-order valence-corrected chi connectivity index (χ0v) is 82.3. The Morgan fingerprint density at radius 1 is 0.301 bits per heavy atom. The first-order valence-corrected chi connectivity index (χ1v) is 40.9. The van der Waals surface area contributed by atoms with Crippen LogP contribution in [0, 0.1) is 104 Å². The second kappa shape index (κ2) is 49.0. The summed E-state index contributed by atoms with van der Waals surface area (Å²) in [6, 6.07) is 112. The van der Waals surface area contributed by atoms with Gasteiger partial charge in [-0.1, -0.05) is 238 Å². The zero-order chi connectivity index (χ0) is 84.5. The number of hydrogen-bond acceptors (Lipinski definition) is 8. The third-order valence-electron chi connectivity index (χ3n) is 19.6. The van der Waals surface area contributed by atoms with Crippen molar-refractivity contribution >= 4 is 49.6 Å². The molecule has 7 aromatic heterocycles. The maximum atomic E-state index is 10.1. The van der Waals surface area contributed by atoms with Crippen molar-refractivity contribution in [2.24, 2.45) is 11.8 Å². The summed E-state index contributed by atoms with van der Waals surface area (Å²) in [5, 5.41) is 13.4. The molecule has 0 unspecified atom stereocenters. The van der Waals surface area contributed by atoms with E-state index >= 15 is 0 Å². The van der Waals surface area contributed by atoms with Gasteiger partial charge in [0.25, 0.3) is 0 Å². The van der Waals surface area contributed by atoms with Crippen LogP contribution in [0.25, 0.3) is 111 Å². The van der Waals surface area contributed by atoms with Gasteiger partial charge in [-0.05, 0) is 141 Å². The van der Waals surface area contributed by atoms with Gasteiger partial charge in [-0.2, -0.15) is 0 Å². The molecule has 9 nitrogen and oxygen atoms in total. The van der Waals surface area contributed by atoms with Crippen LogP contribution in [0.4, 0.5) is 0 Å². The second-order valence-electron chi connectivity index (χ2n) is 31.6. The summed E-state index contributed by atoms with van der Waals surface area (Å²) in [7, 11) is 0. The molecule has 13 heteroatoms. The monoisotopic (exact) mass is 2330 g/mol. The summed E-state index contributed by atoms with van der Waals surface area (Å²) in [6.45, 7) is 34.7. The van der Waals surface area contributed by atoms with Crippen molar-refractivity contribution in [3.05, 3.63) is 400 Å². The first-order chi connectivity index (χ1) is 57.4. The van der Waals surface area contributed by atoms with E-state index in [2.05, 4.69) is 332 Å². The molecule has 10 aromatic carbocycles. The summed E-state index contributed by atoms with van der Waals surface area (Å²) in [5.41, 5.74) is 31.8. The Balaban J connectivity index is 0.000000200. The van der Waals surface area contributed by atoms with E-state index in [0.717, 1.165) is 125 Å². The third-order valence-corrected chi connectivity index (χ3v) is 19.6. The quantitative estimate of drug-likeness (QED) is 0.112. The summed E-state index contributed by atoms with van der Waals surface area (Å²) in [4.78, 5) is 41.6. The summed E-state index contributed by atoms with van der Waals surface area (Å²) < 4.78 is 0. The van der Waals surface area contributed by atoms with Gasteiger partial charge in [-0.15, -0.1) is 211 Å². The predicted molar refractivity (Wildman–Crippen MR) is 495 cm³/mol. The van der Waals surface area contributed by atoms with Crippen molar-refractivity contribution in [2.75, 3.05) is 0 Å². The number of carbonyl (C=O) groups is 1. The van der Waals surface area contributed by atoms with Crippen LogP contribution < -0.4 is 0 Å². The summed E-state index contributed by atoms with van der Waals surface area (Å²) in [6.07, 6.45) is 7.21. The van der Waals surface area contributed by atoms with Crippen LogP contribution in [-0.4, -0.2) is 46.0 Å². The van der Waals surface area contributed by atoms with Crippen molar-refractivity contribution in [2.45, 2.75) is 135 Å². The Bertz CT molecular complexity index is 5700.